The zero-order valence-electron chi connectivity index (χ0n) is 24.3. The van der Waals surface area contributed by atoms with E-state index in [0.29, 0.717) is 42.2 Å². The van der Waals surface area contributed by atoms with Crippen LogP contribution in [0.4, 0.5) is 0 Å². The molecule has 8 heteroatoms. The van der Waals surface area contributed by atoms with Gasteiger partial charge < -0.3 is 20.4 Å². The molecule has 222 valence electrons. The average Bonchev–Trinajstić information content (AvgIpc) is 2.93. The molecule has 0 atom stereocenters. The van der Waals surface area contributed by atoms with E-state index in [2.05, 4.69) is 102 Å². The molecular formula is C34H34Br4O4. The van der Waals surface area contributed by atoms with Gasteiger partial charge >= 0.3 is 0 Å². The first-order valence-electron chi connectivity index (χ1n) is 13.5. The second-order valence-electron chi connectivity index (χ2n) is 11.7. The van der Waals surface area contributed by atoms with Crippen LogP contribution in [-0.4, -0.2) is 20.4 Å². The van der Waals surface area contributed by atoms with Crippen LogP contribution in [0.5, 0.6) is 23.0 Å². The van der Waals surface area contributed by atoms with E-state index in [9.17, 15) is 20.4 Å². The fourth-order valence-electron chi connectivity index (χ4n) is 5.73. The lowest BCUT2D eigenvalue weighted by Crippen LogP contribution is -2.31. The summed E-state index contributed by atoms with van der Waals surface area (Å²) in [7, 11) is 0. The van der Waals surface area contributed by atoms with Crippen molar-refractivity contribution in [2.24, 2.45) is 0 Å². The van der Waals surface area contributed by atoms with Gasteiger partial charge in [-0.1, -0.05) is 38.1 Å². The van der Waals surface area contributed by atoms with Crippen LogP contribution in [0.3, 0.4) is 0 Å². The van der Waals surface area contributed by atoms with Gasteiger partial charge in [0.1, 0.15) is 23.0 Å². The molecule has 0 saturated heterocycles. The first kappa shape index (κ1) is 32.9. The Morgan fingerprint density at radius 2 is 0.643 bits per heavy atom. The number of phenols is 4. The Morgan fingerprint density at radius 1 is 0.429 bits per heavy atom. The van der Waals surface area contributed by atoms with Crippen LogP contribution >= 0.6 is 63.7 Å². The fourth-order valence-corrected chi connectivity index (χ4v) is 8.10. The van der Waals surface area contributed by atoms with Gasteiger partial charge in [-0.2, -0.15) is 0 Å². The molecule has 0 aromatic heterocycles. The molecule has 4 nitrogen and oxygen atoms in total. The van der Waals surface area contributed by atoms with E-state index in [-0.39, 0.29) is 11.5 Å². The van der Waals surface area contributed by atoms with Crippen LogP contribution in [0.1, 0.15) is 71.2 Å². The van der Waals surface area contributed by atoms with Gasteiger partial charge in [-0.15, -0.1) is 0 Å². The lowest BCUT2D eigenvalue weighted by Gasteiger charge is -2.38. The standard InChI is InChI=1S/C34H34Br4O4/c1-17-9-21(10-18(2)29(17)39)33(5,22-11-19(3)30(40)20(4)12-22)7-8-34(6,23-13-25(35)31(41)26(36)14-23)24-15-27(37)32(42)28(38)16-24/h9-16,39-42H,7-8H2,1-6H3. The first-order chi connectivity index (χ1) is 19.5. The summed E-state index contributed by atoms with van der Waals surface area (Å²) in [6.07, 6.45) is 1.37. The van der Waals surface area contributed by atoms with Gasteiger partial charge in [0.25, 0.3) is 0 Å². The van der Waals surface area contributed by atoms with Crippen molar-refractivity contribution < 1.29 is 20.4 Å². The molecule has 0 aliphatic heterocycles. The van der Waals surface area contributed by atoms with Crippen LogP contribution in [0.25, 0.3) is 0 Å². The smallest absolute Gasteiger partial charge is 0.143 e. The zero-order valence-corrected chi connectivity index (χ0v) is 30.7. The highest BCUT2D eigenvalue weighted by Crippen LogP contribution is 2.49. The van der Waals surface area contributed by atoms with Gasteiger partial charge in [0.15, 0.2) is 0 Å². The molecule has 4 aromatic rings. The van der Waals surface area contributed by atoms with E-state index in [1.165, 1.54) is 0 Å². The Hall–Kier alpha value is -2.00. The molecule has 0 heterocycles. The van der Waals surface area contributed by atoms with Crippen LogP contribution in [0.15, 0.2) is 66.4 Å². The van der Waals surface area contributed by atoms with Crippen LogP contribution < -0.4 is 0 Å². The molecule has 4 aromatic carbocycles. The predicted molar refractivity (Wildman–Crippen MR) is 184 cm³/mol. The molecular weight excluding hydrogens is 792 g/mol. The summed E-state index contributed by atoms with van der Waals surface area (Å²) in [5.74, 6) is 0.844. The number of benzene rings is 4. The summed E-state index contributed by atoms with van der Waals surface area (Å²) in [6.45, 7) is 12.1. The number of hydrogen-bond donors (Lipinski definition) is 4. The highest BCUT2D eigenvalue weighted by atomic mass is 79.9. The second-order valence-corrected chi connectivity index (χ2v) is 15.1. The zero-order chi connectivity index (χ0) is 31.3. The van der Waals surface area contributed by atoms with Gasteiger partial charge in [0.05, 0.1) is 17.9 Å². The molecule has 0 unspecified atom stereocenters. The summed E-state index contributed by atoms with van der Waals surface area (Å²) < 4.78 is 2.30. The molecule has 0 radical (unpaired) electrons. The Morgan fingerprint density at radius 3 is 0.881 bits per heavy atom. The molecule has 0 saturated carbocycles. The van der Waals surface area contributed by atoms with E-state index >= 15 is 0 Å². The van der Waals surface area contributed by atoms with Gasteiger partial charge in [0, 0.05) is 10.8 Å². The molecule has 0 aliphatic carbocycles. The minimum Gasteiger partial charge on any atom is -0.507 e. The van der Waals surface area contributed by atoms with Gasteiger partial charge in [0.2, 0.25) is 0 Å². The van der Waals surface area contributed by atoms with Crippen molar-refractivity contribution in [3.8, 4) is 23.0 Å². The van der Waals surface area contributed by atoms with E-state index in [0.717, 1.165) is 44.5 Å². The lowest BCUT2D eigenvalue weighted by molar-refractivity contribution is 0.407. The summed E-state index contributed by atoms with van der Waals surface area (Å²) in [5, 5.41) is 42.2. The number of phenolic OH excluding ortho intramolecular Hbond substituents is 4. The van der Waals surface area contributed by atoms with E-state index < -0.39 is 10.8 Å². The summed E-state index contributed by atoms with van der Waals surface area (Å²) in [6, 6.07) is 16.0. The van der Waals surface area contributed by atoms with Crippen molar-refractivity contribution in [2.45, 2.75) is 65.2 Å². The maximum atomic E-state index is 10.6. The van der Waals surface area contributed by atoms with E-state index in [1.54, 1.807) is 0 Å². The minimum absolute atomic E-state index is 0.129. The van der Waals surface area contributed by atoms with Crippen molar-refractivity contribution in [2.75, 3.05) is 0 Å². The normalized spacial score (nSPS) is 12.1. The van der Waals surface area contributed by atoms with Gasteiger partial charge in [-0.05, 0) is 173 Å². The van der Waals surface area contributed by atoms with Crippen molar-refractivity contribution in [1.82, 2.24) is 0 Å². The van der Waals surface area contributed by atoms with E-state index in [1.807, 2.05) is 52.0 Å². The number of halogens is 4. The summed E-state index contributed by atoms with van der Waals surface area (Å²) in [4.78, 5) is 0. The lowest BCUT2D eigenvalue weighted by atomic mass is 9.65. The SMILES string of the molecule is Cc1cc(C(C)(CCC(C)(c2cc(Br)c(O)c(Br)c2)c2cc(Br)c(O)c(Br)c2)c2cc(C)c(O)c(C)c2)cc(C)c1O. The fraction of sp³-hybridized carbons (Fsp3) is 0.294. The minimum atomic E-state index is -0.569. The maximum Gasteiger partial charge on any atom is 0.143 e. The number of aryl methyl sites for hydroxylation is 4. The van der Waals surface area contributed by atoms with Gasteiger partial charge in [-0.25, -0.2) is 0 Å². The van der Waals surface area contributed by atoms with Crippen molar-refractivity contribution in [3.63, 3.8) is 0 Å². The molecule has 4 N–H and O–H groups in total. The highest BCUT2D eigenvalue weighted by Gasteiger charge is 2.37. The van der Waals surface area contributed by atoms with E-state index in [4.69, 9.17) is 0 Å². The number of hydrogen-bond acceptors (Lipinski definition) is 4. The topological polar surface area (TPSA) is 80.9 Å². The third-order valence-corrected chi connectivity index (χ3v) is 11.1. The Labute approximate surface area is 281 Å². The molecule has 0 amide bonds. The molecule has 0 aliphatic rings. The van der Waals surface area contributed by atoms with Gasteiger partial charge in [-0.3, -0.25) is 0 Å². The first-order valence-corrected chi connectivity index (χ1v) is 16.6. The third kappa shape index (κ3) is 6.01. The Balaban J connectivity index is 1.96. The number of aromatic hydroxyl groups is 4. The van der Waals surface area contributed by atoms with Crippen molar-refractivity contribution in [3.05, 3.63) is 111 Å². The second kappa shape index (κ2) is 12.2. The summed E-state index contributed by atoms with van der Waals surface area (Å²) in [5.41, 5.74) is 6.27. The maximum absolute atomic E-state index is 10.6. The van der Waals surface area contributed by atoms with Crippen molar-refractivity contribution >= 4 is 63.7 Å². The third-order valence-electron chi connectivity index (χ3n) is 8.69. The highest BCUT2D eigenvalue weighted by molar-refractivity contribution is 9.11. The predicted octanol–water partition coefficient (Wildman–Crippen LogP) is 10.9. The average molecular weight is 826 g/mol. The quantitative estimate of drug-likeness (QED) is 0.150. The van der Waals surface area contributed by atoms with Crippen LogP contribution in [0.2, 0.25) is 0 Å². The monoisotopic (exact) mass is 822 g/mol. The Kier molecular flexibility index (Phi) is 9.54. The molecule has 42 heavy (non-hydrogen) atoms. The number of rotatable bonds is 7. The molecule has 4 rings (SSSR count). The largest absolute Gasteiger partial charge is 0.507 e. The van der Waals surface area contributed by atoms with Crippen LogP contribution in [0, 0.1) is 27.7 Å². The van der Waals surface area contributed by atoms with Crippen LogP contribution in [-0.2, 0) is 10.8 Å². The molecule has 0 spiro atoms. The Bertz CT molecular complexity index is 1360. The molecule has 0 fully saturated rings. The summed E-state index contributed by atoms with van der Waals surface area (Å²) >= 11 is 14.1. The molecule has 0 bridgehead atoms. The van der Waals surface area contributed by atoms with Crippen molar-refractivity contribution in [1.29, 1.82) is 0 Å².